The van der Waals surface area contributed by atoms with Gasteiger partial charge in [-0.1, -0.05) is 26.0 Å². The van der Waals surface area contributed by atoms with Gasteiger partial charge in [-0.15, -0.1) is 0 Å². The van der Waals surface area contributed by atoms with Crippen LogP contribution < -0.4 is 14.8 Å². The van der Waals surface area contributed by atoms with E-state index in [0.29, 0.717) is 29.9 Å². The second-order valence-electron chi connectivity index (χ2n) is 7.33. The zero-order valence-corrected chi connectivity index (χ0v) is 15.3. The van der Waals surface area contributed by atoms with E-state index in [4.69, 9.17) is 9.47 Å². The molecule has 1 aliphatic heterocycles. The molecule has 1 atom stereocenters. The molecule has 134 valence electrons. The Bertz CT molecular complexity index is 767. The van der Waals surface area contributed by atoms with E-state index in [1.165, 1.54) is 0 Å². The monoisotopic (exact) mass is 344 g/mol. The average Bonchev–Trinajstić information content (AvgIpc) is 2.56. The number of benzene rings is 1. The molecule has 1 unspecified atom stereocenters. The first-order valence-corrected chi connectivity index (χ1v) is 8.30. The third kappa shape index (κ3) is 2.86. The zero-order chi connectivity index (χ0) is 18.4. The number of ketones is 1. The van der Waals surface area contributed by atoms with E-state index in [1.54, 1.807) is 32.2 Å². The number of hydrogen-bond donors (Lipinski definition) is 1. The molecular weight excluding hydrogens is 320 g/mol. The van der Waals surface area contributed by atoms with Crippen molar-refractivity contribution >= 4 is 11.8 Å². The normalized spacial score (nSPS) is 22.4. The van der Waals surface area contributed by atoms with E-state index in [9.17, 15) is 9.59 Å². The number of carbonyl (C=O) groups excluding carboxylic acids is 2. The Morgan fingerprint density at radius 3 is 2.52 bits per heavy atom. The standard InChI is InChI=1S/C19H24N2O4/c1-19(2)9-12-15(13(22)10-19)16(20-18(23)21(12)3)11-7-6-8-14(24-4)17(11)25-5/h6-8,16H,9-10H2,1-5H3,(H,20,23). The third-order valence-electron chi connectivity index (χ3n) is 4.91. The number of Topliss-reactive ketones (excluding diaryl/α,β-unsaturated/α-hetero) is 1. The van der Waals surface area contributed by atoms with Crippen molar-refractivity contribution in [1.29, 1.82) is 0 Å². The molecule has 1 aromatic rings. The van der Waals surface area contributed by atoms with Crippen LogP contribution in [-0.2, 0) is 4.79 Å². The summed E-state index contributed by atoms with van der Waals surface area (Å²) in [7, 11) is 4.82. The number of ether oxygens (including phenoxy) is 2. The predicted molar refractivity (Wildman–Crippen MR) is 93.6 cm³/mol. The highest BCUT2D eigenvalue weighted by Crippen LogP contribution is 2.46. The second kappa shape index (κ2) is 6.10. The van der Waals surface area contributed by atoms with Gasteiger partial charge in [-0.3, -0.25) is 4.79 Å². The number of rotatable bonds is 3. The minimum Gasteiger partial charge on any atom is -0.493 e. The first kappa shape index (κ1) is 17.3. The Balaban J connectivity index is 2.19. The largest absolute Gasteiger partial charge is 0.493 e. The third-order valence-corrected chi connectivity index (χ3v) is 4.91. The van der Waals surface area contributed by atoms with Crippen LogP contribution in [0.25, 0.3) is 0 Å². The van der Waals surface area contributed by atoms with Crippen LogP contribution in [0.4, 0.5) is 4.79 Å². The Kier molecular flexibility index (Phi) is 4.22. The zero-order valence-electron chi connectivity index (χ0n) is 15.3. The van der Waals surface area contributed by atoms with Gasteiger partial charge in [0.1, 0.15) is 0 Å². The summed E-state index contributed by atoms with van der Waals surface area (Å²) in [5.74, 6) is 1.16. The Morgan fingerprint density at radius 1 is 1.16 bits per heavy atom. The van der Waals surface area contributed by atoms with Gasteiger partial charge in [0, 0.05) is 30.3 Å². The minimum absolute atomic E-state index is 0.0629. The van der Waals surface area contributed by atoms with Crippen molar-refractivity contribution in [3.8, 4) is 11.5 Å². The van der Waals surface area contributed by atoms with E-state index in [-0.39, 0.29) is 17.2 Å². The molecule has 0 saturated carbocycles. The number of allylic oxidation sites excluding steroid dienone is 1. The molecule has 0 aromatic heterocycles. The summed E-state index contributed by atoms with van der Waals surface area (Å²) in [6, 6.07) is 4.72. The van der Waals surface area contributed by atoms with Crippen molar-refractivity contribution in [2.24, 2.45) is 5.41 Å². The predicted octanol–water partition coefficient (Wildman–Crippen LogP) is 3.04. The number of carbonyl (C=O) groups is 2. The highest BCUT2D eigenvalue weighted by atomic mass is 16.5. The van der Waals surface area contributed by atoms with Gasteiger partial charge >= 0.3 is 6.03 Å². The maximum Gasteiger partial charge on any atom is 0.322 e. The molecule has 25 heavy (non-hydrogen) atoms. The summed E-state index contributed by atoms with van der Waals surface area (Å²) in [5.41, 5.74) is 2.00. The fourth-order valence-electron chi connectivity index (χ4n) is 3.72. The molecule has 0 saturated heterocycles. The van der Waals surface area contributed by atoms with Crippen molar-refractivity contribution in [2.75, 3.05) is 21.3 Å². The SMILES string of the molecule is COc1cccc(C2NC(=O)N(C)C3=C2C(=O)CC(C)(C)C3)c1OC. The summed E-state index contributed by atoms with van der Waals surface area (Å²) in [6.07, 6.45) is 1.14. The maximum absolute atomic E-state index is 12.9. The lowest BCUT2D eigenvalue weighted by Gasteiger charge is -2.42. The molecule has 0 spiro atoms. The molecule has 6 heteroatoms. The van der Waals surface area contributed by atoms with Crippen LogP contribution >= 0.6 is 0 Å². The molecule has 6 nitrogen and oxygen atoms in total. The Morgan fingerprint density at radius 2 is 1.88 bits per heavy atom. The molecule has 2 amide bonds. The number of amides is 2. The summed E-state index contributed by atoms with van der Waals surface area (Å²) in [5, 5.41) is 2.94. The van der Waals surface area contributed by atoms with E-state index < -0.39 is 6.04 Å². The summed E-state index contributed by atoms with van der Waals surface area (Å²) in [6.45, 7) is 4.10. The Hall–Kier alpha value is -2.50. The minimum atomic E-state index is -0.535. The van der Waals surface area contributed by atoms with Crippen LogP contribution in [0.3, 0.4) is 0 Å². The molecule has 2 aliphatic rings. The number of urea groups is 1. The molecule has 0 bridgehead atoms. The first-order chi connectivity index (χ1) is 11.8. The van der Waals surface area contributed by atoms with Gasteiger partial charge in [-0.25, -0.2) is 4.79 Å². The average molecular weight is 344 g/mol. The second-order valence-corrected chi connectivity index (χ2v) is 7.33. The summed E-state index contributed by atoms with van der Waals surface area (Å²) in [4.78, 5) is 27.0. The highest BCUT2D eigenvalue weighted by molar-refractivity contribution is 6.01. The van der Waals surface area contributed by atoms with Crippen LogP contribution in [-0.4, -0.2) is 38.0 Å². The van der Waals surface area contributed by atoms with E-state index >= 15 is 0 Å². The quantitative estimate of drug-likeness (QED) is 0.915. The van der Waals surface area contributed by atoms with Gasteiger partial charge in [0.05, 0.1) is 20.3 Å². The van der Waals surface area contributed by atoms with Crippen molar-refractivity contribution in [3.63, 3.8) is 0 Å². The molecular formula is C19H24N2O4. The van der Waals surface area contributed by atoms with Crippen molar-refractivity contribution in [2.45, 2.75) is 32.7 Å². The van der Waals surface area contributed by atoms with Crippen molar-refractivity contribution in [1.82, 2.24) is 10.2 Å². The van der Waals surface area contributed by atoms with Gasteiger partial charge < -0.3 is 19.7 Å². The van der Waals surface area contributed by atoms with Crippen LogP contribution in [0.5, 0.6) is 11.5 Å². The van der Waals surface area contributed by atoms with Crippen LogP contribution in [0.2, 0.25) is 0 Å². The lowest BCUT2D eigenvalue weighted by Crippen LogP contribution is -2.49. The van der Waals surface area contributed by atoms with Gasteiger partial charge in [0.25, 0.3) is 0 Å². The molecule has 3 rings (SSSR count). The highest BCUT2D eigenvalue weighted by Gasteiger charge is 2.43. The molecule has 1 heterocycles. The van der Waals surface area contributed by atoms with E-state index in [1.807, 2.05) is 12.1 Å². The number of hydrogen-bond acceptors (Lipinski definition) is 4. The lowest BCUT2D eigenvalue weighted by molar-refractivity contribution is -0.118. The smallest absolute Gasteiger partial charge is 0.322 e. The molecule has 0 radical (unpaired) electrons. The van der Waals surface area contributed by atoms with Crippen LogP contribution in [0, 0.1) is 5.41 Å². The summed E-state index contributed by atoms with van der Waals surface area (Å²) < 4.78 is 10.9. The first-order valence-electron chi connectivity index (χ1n) is 8.30. The van der Waals surface area contributed by atoms with Gasteiger partial charge in [-0.2, -0.15) is 0 Å². The van der Waals surface area contributed by atoms with Crippen LogP contribution in [0.1, 0.15) is 38.3 Å². The summed E-state index contributed by atoms with van der Waals surface area (Å²) >= 11 is 0. The topological polar surface area (TPSA) is 67.9 Å². The van der Waals surface area contributed by atoms with Gasteiger partial charge in [0.15, 0.2) is 17.3 Å². The molecule has 1 aromatic carbocycles. The fourth-order valence-corrected chi connectivity index (χ4v) is 3.72. The number of nitrogens with one attached hydrogen (secondary N) is 1. The fraction of sp³-hybridized carbons (Fsp3) is 0.474. The lowest BCUT2D eigenvalue weighted by atomic mass is 9.72. The van der Waals surface area contributed by atoms with Crippen molar-refractivity contribution in [3.05, 3.63) is 35.0 Å². The molecule has 1 N–H and O–H groups in total. The number of nitrogens with zero attached hydrogens (tertiary/aromatic N) is 1. The molecule has 1 aliphatic carbocycles. The van der Waals surface area contributed by atoms with Gasteiger partial charge in [-0.05, 0) is 17.9 Å². The van der Waals surface area contributed by atoms with Crippen LogP contribution in [0.15, 0.2) is 29.5 Å². The number of methoxy groups -OCH3 is 2. The van der Waals surface area contributed by atoms with E-state index in [2.05, 4.69) is 19.2 Å². The van der Waals surface area contributed by atoms with Gasteiger partial charge in [0.2, 0.25) is 0 Å². The Labute approximate surface area is 147 Å². The maximum atomic E-state index is 12.9. The van der Waals surface area contributed by atoms with E-state index in [0.717, 1.165) is 11.3 Å². The molecule has 0 fully saturated rings. The van der Waals surface area contributed by atoms with Crippen molar-refractivity contribution < 1.29 is 19.1 Å². The number of para-hydroxylation sites is 1.